The molecule has 0 radical (unpaired) electrons. The SMILES string of the molecule is CO[C@H]1c2ccccc2[C@@](C)(N)C1(C)C. The molecule has 2 atom stereocenters. The van der Waals surface area contributed by atoms with Gasteiger partial charge in [0.1, 0.15) is 0 Å². The lowest BCUT2D eigenvalue weighted by molar-refractivity contribution is -0.0171. The molecular weight excluding hydrogens is 186 g/mol. The van der Waals surface area contributed by atoms with E-state index in [0.29, 0.717) is 0 Å². The number of benzene rings is 1. The summed E-state index contributed by atoms with van der Waals surface area (Å²) in [6.07, 6.45) is 0.0868. The molecule has 82 valence electrons. The molecule has 1 aromatic carbocycles. The van der Waals surface area contributed by atoms with Crippen LogP contribution in [0, 0.1) is 5.41 Å². The summed E-state index contributed by atoms with van der Waals surface area (Å²) in [5, 5.41) is 0. The number of hydrogen-bond acceptors (Lipinski definition) is 2. The van der Waals surface area contributed by atoms with Crippen molar-refractivity contribution in [3.63, 3.8) is 0 Å². The number of rotatable bonds is 1. The molecule has 2 nitrogen and oxygen atoms in total. The smallest absolute Gasteiger partial charge is 0.0896 e. The fraction of sp³-hybridized carbons (Fsp3) is 0.538. The average Bonchev–Trinajstić information content (AvgIpc) is 2.32. The highest BCUT2D eigenvalue weighted by molar-refractivity contribution is 5.43. The van der Waals surface area contributed by atoms with Crippen LogP contribution in [0.4, 0.5) is 0 Å². The third-order valence-corrected chi connectivity index (χ3v) is 4.03. The van der Waals surface area contributed by atoms with E-state index < -0.39 is 0 Å². The predicted molar refractivity (Wildman–Crippen MR) is 61.5 cm³/mol. The molecule has 0 bridgehead atoms. The molecule has 2 N–H and O–H groups in total. The van der Waals surface area contributed by atoms with Gasteiger partial charge in [0.25, 0.3) is 0 Å². The molecule has 2 heteroatoms. The number of fused-ring (bicyclic) bond motifs is 1. The Hall–Kier alpha value is -0.860. The van der Waals surface area contributed by atoms with E-state index in [0.717, 1.165) is 0 Å². The number of methoxy groups -OCH3 is 1. The van der Waals surface area contributed by atoms with Crippen LogP contribution in [0.2, 0.25) is 0 Å². The number of ether oxygens (including phenoxy) is 1. The van der Waals surface area contributed by atoms with E-state index in [1.165, 1.54) is 11.1 Å². The van der Waals surface area contributed by atoms with Crippen LogP contribution in [0.15, 0.2) is 24.3 Å². The van der Waals surface area contributed by atoms with Crippen LogP contribution in [0.1, 0.15) is 38.0 Å². The van der Waals surface area contributed by atoms with Gasteiger partial charge in [0, 0.05) is 18.1 Å². The van der Waals surface area contributed by atoms with E-state index >= 15 is 0 Å². The maximum Gasteiger partial charge on any atom is 0.0896 e. The lowest BCUT2D eigenvalue weighted by Crippen LogP contribution is -2.45. The molecule has 15 heavy (non-hydrogen) atoms. The van der Waals surface area contributed by atoms with Gasteiger partial charge in [-0.1, -0.05) is 38.1 Å². The van der Waals surface area contributed by atoms with Crippen LogP contribution >= 0.6 is 0 Å². The Labute approximate surface area is 91.4 Å². The van der Waals surface area contributed by atoms with Crippen LogP contribution in [0.3, 0.4) is 0 Å². The van der Waals surface area contributed by atoms with Gasteiger partial charge in [0.05, 0.1) is 6.10 Å². The van der Waals surface area contributed by atoms with E-state index in [4.69, 9.17) is 10.5 Å². The lowest BCUT2D eigenvalue weighted by atomic mass is 9.73. The Kier molecular flexibility index (Phi) is 2.18. The minimum Gasteiger partial charge on any atom is -0.376 e. The Morgan fingerprint density at radius 2 is 1.80 bits per heavy atom. The summed E-state index contributed by atoms with van der Waals surface area (Å²) in [4.78, 5) is 0. The molecule has 0 saturated heterocycles. The van der Waals surface area contributed by atoms with Crippen LogP contribution in [-0.2, 0) is 10.3 Å². The van der Waals surface area contributed by atoms with Gasteiger partial charge >= 0.3 is 0 Å². The van der Waals surface area contributed by atoms with Gasteiger partial charge in [-0.2, -0.15) is 0 Å². The highest BCUT2D eigenvalue weighted by Crippen LogP contribution is 2.55. The Bertz CT molecular complexity index is 382. The summed E-state index contributed by atoms with van der Waals surface area (Å²) in [6, 6.07) is 8.31. The average molecular weight is 205 g/mol. The first-order valence-corrected chi connectivity index (χ1v) is 5.34. The standard InChI is InChI=1S/C13H19NO/c1-12(2)11(15-4)9-7-5-6-8-10(9)13(12,3)14/h5-8,11H,14H2,1-4H3/t11-,13+/m0/s1. The van der Waals surface area contributed by atoms with Crippen molar-refractivity contribution in [1.82, 2.24) is 0 Å². The first-order chi connectivity index (χ1) is 6.93. The molecule has 0 fully saturated rings. The fourth-order valence-corrected chi connectivity index (χ4v) is 2.63. The van der Waals surface area contributed by atoms with Crippen LogP contribution in [-0.4, -0.2) is 7.11 Å². The molecule has 2 rings (SSSR count). The topological polar surface area (TPSA) is 35.2 Å². The summed E-state index contributed by atoms with van der Waals surface area (Å²) < 4.78 is 5.61. The van der Waals surface area contributed by atoms with E-state index in [-0.39, 0.29) is 17.1 Å². The molecule has 1 aromatic rings. The summed E-state index contributed by atoms with van der Waals surface area (Å²) >= 11 is 0. The first kappa shape index (κ1) is 10.7. The van der Waals surface area contributed by atoms with Gasteiger partial charge in [-0.25, -0.2) is 0 Å². The van der Waals surface area contributed by atoms with Crippen LogP contribution in [0.5, 0.6) is 0 Å². The summed E-state index contributed by atoms with van der Waals surface area (Å²) in [7, 11) is 1.75. The number of hydrogen-bond donors (Lipinski definition) is 1. The van der Waals surface area contributed by atoms with Gasteiger partial charge in [-0.3, -0.25) is 0 Å². The lowest BCUT2D eigenvalue weighted by Gasteiger charge is -2.38. The molecule has 1 aliphatic carbocycles. The van der Waals surface area contributed by atoms with Crippen molar-refractivity contribution in [1.29, 1.82) is 0 Å². The first-order valence-electron chi connectivity index (χ1n) is 5.34. The molecule has 0 heterocycles. The Morgan fingerprint density at radius 3 is 2.40 bits per heavy atom. The zero-order valence-corrected chi connectivity index (χ0v) is 9.87. The van der Waals surface area contributed by atoms with Crippen molar-refractivity contribution >= 4 is 0 Å². The minimum atomic E-state index is -0.329. The van der Waals surface area contributed by atoms with Crippen molar-refractivity contribution in [2.24, 2.45) is 11.1 Å². The zero-order valence-electron chi connectivity index (χ0n) is 9.87. The fourth-order valence-electron chi connectivity index (χ4n) is 2.63. The van der Waals surface area contributed by atoms with E-state index in [1.54, 1.807) is 7.11 Å². The summed E-state index contributed by atoms with van der Waals surface area (Å²) in [6.45, 7) is 6.42. The largest absolute Gasteiger partial charge is 0.376 e. The summed E-state index contributed by atoms with van der Waals surface area (Å²) in [5.74, 6) is 0. The molecule has 0 unspecified atom stereocenters. The zero-order chi connectivity index (χ0) is 11.3. The monoisotopic (exact) mass is 205 g/mol. The van der Waals surface area contributed by atoms with Gasteiger partial charge in [-0.05, 0) is 18.1 Å². The molecule has 0 spiro atoms. The molecule has 0 aliphatic heterocycles. The molecular formula is C13H19NO. The maximum absolute atomic E-state index is 6.45. The van der Waals surface area contributed by atoms with Crippen molar-refractivity contribution in [2.75, 3.05) is 7.11 Å². The second kappa shape index (κ2) is 3.06. The molecule has 1 aliphatic rings. The second-order valence-corrected chi connectivity index (χ2v) is 5.13. The quantitative estimate of drug-likeness (QED) is 0.764. The molecule has 0 amide bonds. The van der Waals surface area contributed by atoms with Crippen LogP contribution in [0.25, 0.3) is 0 Å². The predicted octanol–water partition coefficient (Wildman–Crippen LogP) is 2.59. The second-order valence-electron chi connectivity index (χ2n) is 5.13. The van der Waals surface area contributed by atoms with Gasteiger partial charge in [-0.15, -0.1) is 0 Å². The highest BCUT2D eigenvalue weighted by Gasteiger charge is 2.53. The third-order valence-electron chi connectivity index (χ3n) is 4.03. The van der Waals surface area contributed by atoms with Crippen molar-refractivity contribution in [3.05, 3.63) is 35.4 Å². The third kappa shape index (κ3) is 1.18. The van der Waals surface area contributed by atoms with Gasteiger partial charge < -0.3 is 10.5 Å². The van der Waals surface area contributed by atoms with Gasteiger partial charge in [0.2, 0.25) is 0 Å². The summed E-state index contributed by atoms with van der Waals surface area (Å²) in [5.41, 5.74) is 8.49. The van der Waals surface area contributed by atoms with Crippen molar-refractivity contribution < 1.29 is 4.74 Å². The van der Waals surface area contributed by atoms with Gasteiger partial charge in [0.15, 0.2) is 0 Å². The van der Waals surface area contributed by atoms with Crippen molar-refractivity contribution in [3.8, 4) is 0 Å². The number of nitrogens with two attached hydrogens (primary N) is 1. The maximum atomic E-state index is 6.45. The Balaban J connectivity index is 2.65. The molecule has 0 aromatic heterocycles. The highest BCUT2D eigenvalue weighted by atomic mass is 16.5. The van der Waals surface area contributed by atoms with E-state index in [9.17, 15) is 0 Å². The van der Waals surface area contributed by atoms with E-state index in [2.05, 4.69) is 32.9 Å². The van der Waals surface area contributed by atoms with E-state index in [1.807, 2.05) is 12.1 Å². The Morgan fingerprint density at radius 1 is 1.20 bits per heavy atom. The molecule has 0 saturated carbocycles. The van der Waals surface area contributed by atoms with Crippen LogP contribution < -0.4 is 5.73 Å². The normalized spacial score (nSPS) is 32.7. The minimum absolute atomic E-state index is 0.0779. The van der Waals surface area contributed by atoms with Crippen molar-refractivity contribution in [2.45, 2.75) is 32.4 Å².